The minimum Gasteiger partial charge on any atom is -0.330 e. The molecule has 1 aromatic rings. The number of nitrogens with two attached hydrogens (primary N) is 1. The molecule has 1 aliphatic heterocycles. The molecule has 1 heterocycles. The quantitative estimate of drug-likeness (QED) is 0.847. The van der Waals surface area contributed by atoms with Crippen LogP contribution in [0.4, 0.5) is 5.69 Å². The van der Waals surface area contributed by atoms with E-state index in [9.17, 15) is 8.42 Å². The Kier molecular flexibility index (Phi) is 5.29. The molecule has 0 radical (unpaired) electrons. The lowest BCUT2D eigenvalue weighted by atomic mass is 10.0. The molecule has 21 heavy (non-hydrogen) atoms. The zero-order valence-electron chi connectivity index (χ0n) is 12.4. The molecule has 0 amide bonds. The van der Waals surface area contributed by atoms with E-state index >= 15 is 0 Å². The maximum absolute atomic E-state index is 12.5. The first-order valence-corrected chi connectivity index (χ1v) is 9.31. The van der Waals surface area contributed by atoms with Crippen molar-refractivity contribution < 1.29 is 8.42 Å². The second-order valence-electron chi connectivity index (χ2n) is 5.63. The minimum absolute atomic E-state index is 0.253. The Bertz CT molecular complexity index is 596. The zero-order chi connectivity index (χ0) is 15.6. The Morgan fingerprint density at radius 3 is 2.57 bits per heavy atom. The molecule has 0 spiro atoms. The molecule has 1 aliphatic rings. The molecule has 118 valence electrons. The van der Waals surface area contributed by atoms with E-state index in [0.717, 1.165) is 28.4 Å². The van der Waals surface area contributed by atoms with Gasteiger partial charge in [-0.05, 0) is 62.4 Å². The van der Waals surface area contributed by atoms with Crippen molar-refractivity contribution in [2.75, 3.05) is 24.4 Å². The normalized spacial score (nSPS) is 20.5. The van der Waals surface area contributed by atoms with Crippen LogP contribution in [0.15, 0.2) is 16.6 Å². The molecule has 0 bridgehead atoms. The summed E-state index contributed by atoms with van der Waals surface area (Å²) in [7, 11) is -3.51. The van der Waals surface area contributed by atoms with Gasteiger partial charge in [0.05, 0.1) is 5.69 Å². The summed E-state index contributed by atoms with van der Waals surface area (Å²) in [6, 6.07) is 3.66. The summed E-state index contributed by atoms with van der Waals surface area (Å²) >= 11 is 3.49. The summed E-state index contributed by atoms with van der Waals surface area (Å²) in [6.07, 6.45) is 1.86. The first-order chi connectivity index (χ1) is 9.83. The molecule has 2 rings (SSSR count). The van der Waals surface area contributed by atoms with Crippen LogP contribution in [0.5, 0.6) is 0 Å². The fourth-order valence-electron chi connectivity index (χ4n) is 2.66. The van der Waals surface area contributed by atoms with Crippen LogP contribution in [0.2, 0.25) is 0 Å². The molecule has 1 unspecified atom stereocenters. The van der Waals surface area contributed by atoms with Gasteiger partial charge in [0.2, 0.25) is 0 Å². The van der Waals surface area contributed by atoms with Gasteiger partial charge in [0.15, 0.2) is 0 Å². The first kappa shape index (κ1) is 16.7. The van der Waals surface area contributed by atoms with E-state index in [2.05, 4.69) is 20.7 Å². The third-order valence-electron chi connectivity index (χ3n) is 3.84. The fraction of sp³-hybridized carbons (Fsp3) is 0.571. The number of hydrogen-bond donors (Lipinski definition) is 2. The predicted octanol–water partition coefficient (Wildman–Crippen LogP) is 2.39. The molecule has 1 fully saturated rings. The number of hydrogen-bond acceptors (Lipinski definition) is 3. The number of benzene rings is 1. The van der Waals surface area contributed by atoms with Gasteiger partial charge in [0.25, 0.3) is 0 Å². The highest BCUT2D eigenvalue weighted by molar-refractivity contribution is 9.10. The molecule has 0 aliphatic carbocycles. The molecular weight excluding hydrogens is 354 g/mol. The Balaban J connectivity index is 2.17. The maximum Gasteiger partial charge on any atom is 0.301 e. The number of nitrogens with one attached hydrogen (secondary N) is 1. The monoisotopic (exact) mass is 375 g/mol. The van der Waals surface area contributed by atoms with Crippen LogP contribution in [-0.2, 0) is 10.2 Å². The smallest absolute Gasteiger partial charge is 0.301 e. The van der Waals surface area contributed by atoms with Crippen LogP contribution in [0.25, 0.3) is 0 Å². The molecule has 1 aromatic carbocycles. The van der Waals surface area contributed by atoms with Crippen molar-refractivity contribution in [1.82, 2.24) is 4.31 Å². The second-order valence-corrected chi connectivity index (χ2v) is 8.10. The van der Waals surface area contributed by atoms with Crippen molar-refractivity contribution in [3.63, 3.8) is 0 Å². The number of aryl methyl sites for hydroxylation is 2. The Morgan fingerprint density at radius 1 is 1.38 bits per heavy atom. The van der Waals surface area contributed by atoms with Crippen molar-refractivity contribution in [3.8, 4) is 0 Å². The van der Waals surface area contributed by atoms with Crippen molar-refractivity contribution in [2.45, 2.75) is 26.7 Å². The lowest BCUT2D eigenvalue weighted by molar-refractivity contribution is 0.273. The van der Waals surface area contributed by atoms with Crippen LogP contribution in [0.1, 0.15) is 24.0 Å². The van der Waals surface area contributed by atoms with E-state index in [1.807, 2.05) is 26.0 Å². The number of halogens is 1. The molecular formula is C14H22BrN3O2S. The minimum atomic E-state index is -3.51. The summed E-state index contributed by atoms with van der Waals surface area (Å²) in [4.78, 5) is 0. The highest BCUT2D eigenvalue weighted by Gasteiger charge is 2.28. The largest absolute Gasteiger partial charge is 0.330 e. The third-order valence-corrected chi connectivity index (χ3v) is 6.59. The van der Waals surface area contributed by atoms with Gasteiger partial charge in [0.1, 0.15) is 0 Å². The Morgan fingerprint density at radius 2 is 2.00 bits per heavy atom. The molecule has 5 nitrogen and oxygen atoms in total. The molecule has 0 saturated carbocycles. The summed E-state index contributed by atoms with van der Waals surface area (Å²) in [6.45, 7) is 5.48. The fourth-order valence-corrected chi connectivity index (χ4v) is 4.21. The van der Waals surface area contributed by atoms with Crippen LogP contribution in [-0.4, -0.2) is 32.4 Å². The van der Waals surface area contributed by atoms with E-state index in [4.69, 9.17) is 5.73 Å². The topological polar surface area (TPSA) is 75.4 Å². The van der Waals surface area contributed by atoms with Gasteiger partial charge in [-0.15, -0.1) is 0 Å². The molecule has 0 aromatic heterocycles. The molecule has 1 saturated heterocycles. The number of anilines is 1. The van der Waals surface area contributed by atoms with Crippen LogP contribution in [0.3, 0.4) is 0 Å². The van der Waals surface area contributed by atoms with Gasteiger partial charge in [0, 0.05) is 17.6 Å². The summed E-state index contributed by atoms with van der Waals surface area (Å²) < 4.78 is 30.2. The van der Waals surface area contributed by atoms with Crippen LogP contribution >= 0.6 is 15.9 Å². The third kappa shape index (κ3) is 3.97. The average molecular weight is 376 g/mol. The summed E-state index contributed by atoms with van der Waals surface area (Å²) in [5, 5.41) is 0. The second kappa shape index (κ2) is 6.64. The molecule has 3 N–H and O–H groups in total. The van der Waals surface area contributed by atoms with Gasteiger partial charge in [-0.25, -0.2) is 0 Å². The van der Waals surface area contributed by atoms with E-state index in [1.165, 1.54) is 4.31 Å². The van der Waals surface area contributed by atoms with Gasteiger partial charge in [-0.3, -0.25) is 4.72 Å². The predicted molar refractivity (Wildman–Crippen MR) is 89.5 cm³/mol. The van der Waals surface area contributed by atoms with Crippen molar-refractivity contribution in [3.05, 3.63) is 27.7 Å². The Hall–Kier alpha value is -0.630. The van der Waals surface area contributed by atoms with Crippen molar-refractivity contribution in [1.29, 1.82) is 0 Å². The van der Waals surface area contributed by atoms with Gasteiger partial charge in [-0.1, -0.05) is 15.9 Å². The van der Waals surface area contributed by atoms with Crippen molar-refractivity contribution in [2.24, 2.45) is 11.7 Å². The molecule has 1 atom stereocenters. The van der Waals surface area contributed by atoms with Crippen LogP contribution in [0, 0.1) is 19.8 Å². The van der Waals surface area contributed by atoms with Gasteiger partial charge < -0.3 is 5.73 Å². The van der Waals surface area contributed by atoms with E-state index in [0.29, 0.717) is 25.3 Å². The summed E-state index contributed by atoms with van der Waals surface area (Å²) in [5.74, 6) is 0.253. The summed E-state index contributed by atoms with van der Waals surface area (Å²) in [5.41, 5.74) is 8.28. The highest BCUT2D eigenvalue weighted by atomic mass is 79.9. The van der Waals surface area contributed by atoms with E-state index in [1.54, 1.807) is 0 Å². The SMILES string of the molecule is Cc1cc(NS(=O)(=O)N2CCCC(CN)C2)cc(C)c1Br. The average Bonchev–Trinajstić information content (AvgIpc) is 2.44. The number of nitrogens with zero attached hydrogens (tertiary/aromatic N) is 1. The van der Waals surface area contributed by atoms with Crippen molar-refractivity contribution >= 4 is 31.8 Å². The lowest BCUT2D eigenvalue weighted by Crippen LogP contribution is -2.44. The van der Waals surface area contributed by atoms with E-state index < -0.39 is 10.2 Å². The number of piperidine rings is 1. The van der Waals surface area contributed by atoms with Gasteiger partial charge in [-0.2, -0.15) is 12.7 Å². The standard InChI is InChI=1S/C14H22BrN3O2S/c1-10-6-13(7-11(2)14(10)15)17-21(19,20)18-5-3-4-12(8-16)9-18/h6-7,12,17H,3-5,8-9,16H2,1-2H3. The Labute approximate surface area is 135 Å². The van der Waals surface area contributed by atoms with Crippen LogP contribution < -0.4 is 10.5 Å². The highest BCUT2D eigenvalue weighted by Crippen LogP contribution is 2.26. The maximum atomic E-state index is 12.5. The molecule has 7 heteroatoms. The van der Waals surface area contributed by atoms with Gasteiger partial charge >= 0.3 is 10.2 Å². The first-order valence-electron chi connectivity index (χ1n) is 7.08. The number of rotatable bonds is 4. The zero-order valence-corrected chi connectivity index (χ0v) is 14.8. The van der Waals surface area contributed by atoms with E-state index in [-0.39, 0.29) is 5.92 Å². The lowest BCUT2D eigenvalue weighted by Gasteiger charge is -2.31.